The van der Waals surface area contributed by atoms with E-state index in [0.29, 0.717) is 17.6 Å². The SMILES string of the molecule is c1ccc(-c2nc(-c3ccccc3)nc(-n3c4ccccc4c4cc(-c5ccc6c(c5)Oc5cccc7c8ccccc8n-6c57)ccc43)n2)cc1. The lowest BCUT2D eigenvalue weighted by molar-refractivity contribution is 0.476. The summed E-state index contributed by atoms with van der Waals surface area (Å²) in [5.41, 5.74) is 9.43. The van der Waals surface area contributed by atoms with Crippen LogP contribution >= 0.6 is 0 Å². The van der Waals surface area contributed by atoms with Gasteiger partial charge in [0, 0.05) is 32.7 Å². The summed E-state index contributed by atoms with van der Waals surface area (Å²) in [4.78, 5) is 15.1. The van der Waals surface area contributed by atoms with E-state index in [1.54, 1.807) is 0 Å². The van der Waals surface area contributed by atoms with E-state index in [9.17, 15) is 0 Å². The van der Waals surface area contributed by atoms with E-state index >= 15 is 0 Å². The van der Waals surface area contributed by atoms with E-state index in [0.717, 1.165) is 66.8 Å². The Morgan fingerprint density at radius 2 is 0.941 bits per heavy atom. The van der Waals surface area contributed by atoms with Gasteiger partial charge in [-0.3, -0.25) is 4.57 Å². The van der Waals surface area contributed by atoms with Crippen molar-refractivity contribution in [3.63, 3.8) is 0 Å². The molecule has 0 fully saturated rings. The fourth-order valence-corrected chi connectivity index (χ4v) is 7.66. The van der Waals surface area contributed by atoms with Crippen molar-refractivity contribution >= 4 is 43.6 Å². The molecule has 6 nitrogen and oxygen atoms in total. The van der Waals surface area contributed by atoms with Crippen LogP contribution in [0.1, 0.15) is 0 Å². The van der Waals surface area contributed by atoms with Crippen LogP contribution in [0.5, 0.6) is 11.5 Å². The molecular weight excluding hydrogens is 627 g/mol. The molecule has 238 valence electrons. The van der Waals surface area contributed by atoms with Crippen LogP contribution in [0.4, 0.5) is 0 Å². The van der Waals surface area contributed by atoms with Gasteiger partial charge in [-0.1, -0.05) is 121 Å². The van der Waals surface area contributed by atoms with Gasteiger partial charge >= 0.3 is 0 Å². The smallest absolute Gasteiger partial charge is 0.238 e. The lowest BCUT2D eigenvalue weighted by Crippen LogP contribution is -2.06. The fourth-order valence-electron chi connectivity index (χ4n) is 7.66. The Hall–Kier alpha value is -7.05. The van der Waals surface area contributed by atoms with Gasteiger partial charge in [-0.2, -0.15) is 9.97 Å². The van der Waals surface area contributed by atoms with Crippen LogP contribution in [0, 0.1) is 0 Å². The number of hydrogen-bond acceptors (Lipinski definition) is 4. The Morgan fingerprint density at radius 1 is 0.373 bits per heavy atom. The Kier molecular flexibility index (Phi) is 5.86. The highest BCUT2D eigenvalue weighted by molar-refractivity contribution is 6.12. The molecule has 10 aromatic rings. The Labute approximate surface area is 292 Å². The van der Waals surface area contributed by atoms with Crippen LogP contribution in [0.15, 0.2) is 164 Å². The molecule has 0 atom stereocenters. The highest BCUT2D eigenvalue weighted by atomic mass is 16.5. The van der Waals surface area contributed by atoms with Crippen LogP contribution in [-0.2, 0) is 0 Å². The average Bonchev–Trinajstić information content (AvgIpc) is 3.72. The number of nitrogens with zero attached hydrogens (tertiary/aromatic N) is 5. The predicted molar refractivity (Wildman–Crippen MR) is 205 cm³/mol. The van der Waals surface area contributed by atoms with Gasteiger partial charge in [0.15, 0.2) is 23.1 Å². The molecule has 6 heteroatoms. The summed E-state index contributed by atoms with van der Waals surface area (Å²) < 4.78 is 11.1. The van der Waals surface area contributed by atoms with Gasteiger partial charge in [0.2, 0.25) is 5.95 Å². The number of ether oxygens (including phenoxy) is 1. The van der Waals surface area contributed by atoms with Crippen molar-refractivity contribution in [1.29, 1.82) is 0 Å². The Balaban J connectivity index is 1.09. The molecule has 3 aromatic heterocycles. The second-order valence-corrected chi connectivity index (χ2v) is 12.9. The van der Waals surface area contributed by atoms with E-state index in [-0.39, 0.29) is 0 Å². The molecule has 0 saturated carbocycles. The summed E-state index contributed by atoms with van der Waals surface area (Å²) in [5.74, 6) is 3.54. The molecule has 0 amide bonds. The van der Waals surface area contributed by atoms with E-state index in [1.165, 1.54) is 16.3 Å². The average molecular weight is 654 g/mol. The first-order valence-corrected chi connectivity index (χ1v) is 17.0. The highest BCUT2D eigenvalue weighted by Gasteiger charge is 2.24. The largest absolute Gasteiger partial charge is 0.453 e. The third kappa shape index (κ3) is 4.20. The van der Waals surface area contributed by atoms with Gasteiger partial charge in [0.25, 0.3) is 0 Å². The molecule has 0 bridgehead atoms. The zero-order chi connectivity index (χ0) is 33.5. The van der Waals surface area contributed by atoms with Crippen molar-refractivity contribution in [3.05, 3.63) is 164 Å². The number of aromatic nitrogens is 5. The minimum Gasteiger partial charge on any atom is -0.453 e. The van der Waals surface area contributed by atoms with Crippen molar-refractivity contribution in [1.82, 2.24) is 24.1 Å². The molecule has 0 aliphatic carbocycles. The maximum Gasteiger partial charge on any atom is 0.238 e. The first-order valence-electron chi connectivity index (χ1n) is 17.0. The molecule has 0 spiro atoms. The molecule has 1 aliphatic rings. The second kappa shape index (κ2) is 10.7. The molecule has 51 heavy (non-hydrogen) atoms. The van der Waals surface area contributed by atoms with Gasteiger partial charge < -0.3 is 9.30 Å². The van der Waals surface area contributed by atoms with E-state index in [1.807, 2.05) is 60.7 Å². The first kappa shape index (κ1) is 27.9. The molecule has 7 aromatic carbocycles. The van der Waals surface area contributed by atoms with Gasteiger partial charge in [-0.05, 0) is 53.6 Å². The normalized spacial score (nSPS) is 12.1. The zero-order valence-corrected chi connectivity index (χ0v) is 27.2. The van der Waals surface area contributed by atoms with Crippen LogP contribution in [-0.4, -0.2) is 24.1 Å². The number of benzene rings is 7. The van der Waals surface area contributed by atoms with Crippen molar-refractivity contribution in [3.8, 4) is 57.0 Å². The standard InChI is InChI=1S/C45H27N5O/c1-3-12-28(13-4-1)43-46-44(29-14-5-2-6-15-29)48-45(47-43)50-37-20-10-8-17-33(37)35-26-30(22-24-38(35)50)31-23-25-39-41(27-31)51-40-21-11-18-34-32-16-7-9-19-36(32)49(39)42(34)40/h1-27H. The number of rotatable bonds is 4. The molecule has 0 unspecified atom stereocenters. The first-order chi connectivity index (χ1) is 25.3. The number of hydrogen-bond donors (Lipinski definition) is 0. The van der Waals surface area contributed by atoms with Crippen molar-refractivity contribution in [2.75, 3.05) is 0 Å². The second-order valence-electron chi connectivity index (χ2n) is 12.9. The lowest BCUT2D eigenvalue weighted by Gasteiger charge is -2.21. The quantitative estimate of drug-likeness (QED) is 0.190. The summed E-state index contributed by atoms with van der Waals surface area (Å²) in [6.07, 6.45) is 0. The minimum absolute atomic E-state index is 0.577. The third-order valence-electron chi connectivity index (χ3n) is 9.97. The van der Waals surface area contributed by atoms with Gasteiger partial charge in [0.05, 0.1) is 27.8 Å². The van der Waals surface area contributed by atoms with Crippen molar-refractivity contribution in [2.24, 2.45) is 0 Å². The minimum atomic E-state index is 0.577. The maximum absolute atomic E-state index is 6.61. The molecule has 4 heterocycles. The van der Waals surface area contributed by atoms with Crippen LogP contribution < -0.4 is 4.74 Å². The Morgan fingerprint density at radius 3 is 1.67 bits per heavy atom. The third-order valence-corrected chi connectivity index (χ3v) is 9.97. The summed E-state index contributed by atoms with van der Waals surface area (Å²) in [6, 6.07) is 56.7. The molecule has 0 saturated heterocycles. The van der Waals surface area contributed by atoms with E-state index in [4.69, 9.17) is 19.7 Å². The molecule has 1 aliphatic heterocycles. The molecule has 0 radical (unpaired) electrons. The summed E-state index contributed by atoms with van der Waals surface area (Å²) in [6.45, 7) is 0. The van der Waals surface area contributed by atoms with E-state index < -0.39 is 0 Å². The predicted octanol–water partition coefficient (Wildman–Crippen LogP) is 11.2. The summed E-state index contributed by atoms with van der Waals surface area (Å²) in [7, 11) is 0. The van der Waals surface area contributed by atoms with Crippen molar-refractivity contribution < 1.29 is 4.74 Å². The molecular formula is C45H27N5O. The van der Waals surface area contributed by atoms with Crippen LogP contribution in [0.25, 0.3) is 89.2 Å². The lowest BCUT2D eigenvalue weighted by atomic mass is 10.0. The van der Waals surface area contributed by atoms with Gasteiger partial charge in [0.1, 0.15) is 0 Å². The van der Waals surface area contributed by atoms with Gasteiger partial charge in [-0.25, -0.2) is 4.98 Å². The van der Waals surface area contributed by atoms with Crippen molar-refractivity contribution in [2.45, 2.75) is 0 Å². The maximum atomic E-state index is 6.61. The number of para-hydroxylation sites is 3. The van der Waals surface area contributed by atoms with Crippen LogP contribution in [0.3, 0.4) is 0 Å². The zero-order valence-electron chi connectivity index (χ0n) is 27.2. The van der Waals surface area contributed by atoms with Gasteiger partial charge in [-0.15, -0.1) is 0 Å². The monoisotopic (exact) mass is 653 g/mol. The molecule has 11 rings (SSSR count). The van der Waals surface area contributed by atoms with E-state index in [2.05, 4.69) is 112 Å². The summed E-state index contributed by atoms with van der Waals surface area (Å²) in [5, 5.41) is 4.67. The number of fused-ring (bicyclic) bond motifs is 8. The van der Waals surface area contributed by atoms with Crippen LogP contribution in [0.2, 0.25) is 0 Å². The highest BCUT2D eigenvalue weighted by Crippen LogP contribution is 2.46. The molecule has 0 N–H and O–H groups in total. The Bertz CT molecular complexity index is 2940. The fraction of sp³-hybridized carbons (Fsp3) is 0. The topological polar surface area (TPSA) is 57.8 Å². The summed E-state index contributed by atoms with van der Waals surface area (Å²) >= 11 is 0.